The molecule has 0 heterocycles. The molecule has 0 spiro atoms. The molecule has 0 unspecified atom stereocenters. The third kappa shape index (κ3) is 5.87. The van der Waals surface area contributed by atoms with Gasteiger partial charge in [0.15, 0.2) is 6.61 Å². The number of alkyl halides is 6. The van der Waals surface area contributed by atoms with E-state index in [1.165, 1.54) is 24.6 Å². The zero-order chi connectivity index (χ0) is 25.2. The van der Waals surface area contributed by atoms with Crippen molar-refractivity contribution < 1.29 is 53.5 Å². The molecule has 1 aliphatic carbocycles. The highest BCUT2D eigenvalue weighted by molar-refractivity contribution is 7.86. The molecule has 0 aromatic heterocycles. The fourth-order valence-corrected chi connectivity index (χ4v) is 3.99. The summed E-state index contributed by atoms with van der Waals surface area (Å²) in [6.07, 6.45) is -5.80. The molecule has 13 heteroatoms. The third-order valence-electron chi connectivity index (χ3n) is 5.38. The number of ether oxygens (including phenoxy) is 3. The van der Waals surface area contributed by atoms with E-state index < -0.39 is 34.2 Å². The Bertz CT molecular complexity index is 1100. The molecule has 34 heavy (non-hydrogen) atoms. The lowest BCUT2D eigenvalue weighted by Crippen LogP contribution is -2.52. The zero-order valence-electron chi connectivity index (χ0n) is 17.7. The number of rotatable bonds is 10. The van der Waals surface area contributed by atoms with Crippen LogP contribution >= 0.6 is 0 Å². The summed E-state index contributed by atoms with van der Waals surface area (Å²) in [6, 6.07) is 9.05. The Labute approximate surface area is 191 Å². The minimum atomic E-state index is -6.74. The van der Waals surface area contributed by atoms with E-state index in [4.69, 9.17) is 14.0 Å². The van der Waals surface area contributed by atoms with Gasteiger partial charge in [0, 0.05) is 10.8 Å². The highest BCUT2D eigenvalue weighted by Crippen LogP contribution is 2.43. The van der Waals surface area contributed by atoms with E-state index in [1.54, 1.807) is 18.2 Å². The van der Waals surface area contributed by atoms with Crippen LogP contribution in [0, 0.1) is 5.92 Å². The molecule has 1 aliphatic rings. The van der Waals surface area contributed by atoms with Crippen LogP contribution in [0.5, 0.6) is 11.5 Å². The third-order valence-corrected chi connectivity index (χ3v) is 6.26. The van der Waals surface area contributed by atoms with Crippen molar-refractivity contribution in [3.63, 3.8) is 0 Å². The van der Waals surface area contributed by atoms with E-state index in [1.807, 2.05) is 0 Å². The second-order valence-corrected chi connectivity index (χ2v) is 9.42. The van der Waals surface area contributed by atoms with Crippen molar-refractivity contribution in [2.75, 3.05) is 13.2 Å². The first-order valence-electron chi connectivity index (χ1n) is 10.3. The van der Waals surface area contributed by atoms with Crippen molar-refractivity contribution in [1.82, 2.24) is 0 Å². The van der Waals surface area contributed by atoms with Crippen LogP contribution in [0.3, 0.4) is 0 Å². The quantitative estimate of drug-likeness (QED) is 0.315. The monoisotopic (exact) mass is 516 g/mol. The van der Waals surface area contributed by atoms with Crippen LogP contribution in [0.2, 0.25) is 0 Å². The van der Waals surface area contributed by atoms with Gasteiger partial charge in [-0.05, 0) is 30.9 Å². The van der Waals surface area contributed by atoms with Crippen molar-refractivity contribution in [1.29, 1.82) is 0 Å². The van der Waals surface area contributed by atoms with Gasteiger partial charge in [-0.3, -0.25) is 4.55 Å². The number of halogens is 6. The van der Waals surface area contributed by atoms with Gasteiger partial charge in [0.05, 0.1) is 6.61 Å². The van der Waals surface area contributed by atoms with Crippen molar-refractivity contribution in [3.05, 3.63) is 36.4 Å². The summed E-state index contributed by atoms with van der Waals surface area (Å²) >= 11 is 0. The average molecular weight is 516 g/mol. The van der Waals surface area contributed by atoms with E-state index in [0.717, 1.165) is 25.7 Å². The first-order valence-corrected chi connectivity index (χ1v) is 11.8. The summed E-state index contributed by atoms with van der Waals surface area (Å²) in [5.41, 5.74) is 0. The first kappa shape index (κ1) is 26.4. The Hall–Kier alpha value is -2.25. The summed E-state index contributed by atoms with van der Waals surface area (Å²) in [6.45, 7) is -1.48. The van der Waals surface area contributed by atoms with Gasteiger partial charge >= 0.3 is 27.6 Å². The molecule has 0 aliphatic heterocycles. The SMILES string of the molecule is O=S(=O)(O)C(F)(F)C(F)(F)OC(F)(F)COc1ccc(OCC2CCCCC2)c2ccccc12. The normalized spacial score (nSPS) is 16.6. The minimum Gasteiger partial charge on any atom is -0.493 e. The lowest BCUT2D eigenvalue weighted by atomic mass is 9.90. The maximum Gasteiger partial charge on any atom is 0.460 e. The second-order valence-electron chi connectivity index (χ2n) is 7.96. The Morgan fingerprint density at radius 1 is 0.853 bits per heavy atom. The van der Waals surface area contributed by atoms with E-state index in [9.17, 15) is 34.8 Å². The van der Waals surface area contributed by atoms with Gasteiger partial charge in [-0.2, -0.15) is 34.8 Å². The number of hydrogen-bond acceptors (Lipinski definition) is 5. The predicted octanol–water partition coefficient (Wildman–Crippen LogP) is 5.86. The molecule has 190 valence electrons. The molecule has 0 atom stereocenters. The highest BCUT2D eigenvalue weighted by Gasteiger charge is 2.70. The lowest BCUT2D eigenvalue weighted by Gasteiger charge is -2.27. The fraction of sp³-hybridized carbons (Fsp3) is 0.524. The van der Waals surface area contributed by atoms with Gasteiger partial charge in [-0.1, -0.05) is 43.5 Å². The van der Waals surface area contributed by atoms with Gasteiger partial charge in [0.1, 0.15) is 11.5 Å². The molecule has 0 radical (unpaired) electrons. The van der Waals surface area contributed by atoms with Crippen LogP contribution in [0.4, 0.5) is 26.3 Å². The Kier molecular flexibility index (Phi) is 7.58. The number of hydrogen-bond donors (Lipinski definition) is 1. The van der Waals surface area contributed by atoms with E-state index in [-0.39, 0.29) is 11.1 Å². The largest absolute Gasteiger partial charge is 0.493 e. The number of benzene rings is 2. The maximum absolute atomic E-state index is 13.9. The molecule has 1 fully saturated rings. The van der Waals surface area contributed by atoms with Gasteiger partial charge in [0.2, 0.25) is 0 Å². The summed E-state index contributed by atoms with van der Waals surface area (Å²) in [4.78, 5) is 0. The molecule has 0 saturated heterocycles. The average Bonchev–Trinajstić information content (AvgIpc) is 2.75. The van der Waals surface area contributed by atoms with Crippen LogP contribution in [0.15, 0.2) is 36.4 Å². The van der Waals surface area contributed by atoms with Crippen LogP contribution in [0.25, 0.3) is 10.8 Å². The van der Waals surface area contributed by atoms with Crippen LogP contribution in [-0.2, 0) is 14.9 Å². The van der Waals surface area contributed by atoms with Crippen LogP contribution in [0.1, 0.15) is 32.1 Å². The Morgan fingerprint density at radius 3 is 1.91 bits per heavy atom. The van der Waals surface area contributed by atoms with Crippen molar-refractivity contribution in [2.24, 2.45) is 5.92 Å². The first-order chi connectivity index (χ1) is 15.7. The van der Waals surface area contributed by atoms with Crippen molar-refractivity contribution in [3.8, 4) is 11.5 Å². The number of fused-ring (bicyclic) bond motifs is 1. The predicted molar refractivity (Wildman–Crippen MR) is 109 cm³/mol. The molecule has 2 aromatic carbocycles. The molecular weight excluding hydrogens is 494 g/mol. The van der Waals surface area contributed by atoms with Crippen molar-refractivity contribution in [2.45, 2.75) is 49.6 Å². The maximum atomic E-state index is 13.9. The molecule has 3 rings (SSSR count). The molecule has 0 amide bonds. The minimum absolute atomic E-state index is 0.200. The standard InChI is InChI=1S/C21H22F6O6S/c22-19(23,33-20(24,25)21(26,27)34(28,29)30)13-32-18-11-10-17(15-8-4-5-9-16(15)18)31-12-14-6-2-1-3-7-14/h4-5,8-11,14H,1-3,6-7,12-13H2,(H,28,29,30). The van der Waals surface area contributed by atoms with Gasteiger partial charge in [-0.15, -0.1) is 0 Å². The summed E-state index contributed by atoms with van der Waals surface area (Å²) < 4.78 is 124. The summed E-state index contributed by atoms with van der Waals surface area (Å²) in [5, 5.41) is -5.54. The van der Waals surface area contributed by atoms with Gasteiger partial charge in [-0.25, -0.2) is 4.74 Å². The molecule has 1 N–H and O–H groups in total. The summed E-state index contributed by atoms with van der Waals surface area (Å²) in [5.74, 6) is 0.645. The lowest BCUT2D eigenvalue weighted by molar-refractivity contribution is -0.417. The van der Waals surface area contributed by atoms with E-state index in [2.05, 4.69) is 4.74 Å². The van der Waals surface area contributed by atoms with E-state index >= 15 is 0 Å². The van der Waals surface area contributed by atoms with Crippen LogP contribution < -0.4 is 9.47 Å². The zero-order valence-corrected chi connectivity index (χ0v) is 18.5. The molecule has 0 bridgehead atoms. The molecule has 1 saturated carbocycles. The van der Waals surface area contributed by atoms with E-state index in [0.29, 0.717) is 23.7 Å². The fourth-order valence-electron chi connectivity index (χ4n) is 3.65. The van der Waals surface area contributed by atoms with Gasteiger partial charge in [0.25, 0.3) is 0 Å². The molecule has 2 aromatic rings. The topological polar surface area (TPSA) is 82.1 Å². The molecule has 6 nitrogen and oxygen atoms in total. The van der Waals surface area contributed by atoms with Crippen LogP contribution in [-0.4, -0.2) is 43.7 Å². The van der Waals surface area contributed by atoms with Crippen molar-refractivity contribution >= 4 is 20.9 Å². The second kappa shape index (κ2) is 9.78. The summed E-state index contributed by atoms with van der Waals surface area (Å²) in [7, 11) is -6.74. The highest BCUT2D eigenvalue weighted by atomic mass is 32.2. The van der Waals surface area contributed by atoms with Gasteiger partial charge < -0.3 is 9.47 Å². The Morgan fingerprint density at radius 2 is 1.38 bits per heavy atom. The smallest absolute Gasteiger partial charge is 0.460 e. The Balaban J connectivity index is 1.73. The molecular formula is C21H22F6O6S.